The molecular weight excluding hydrogens is 376 g/mol. The minimum atomic E-state index is -1.38. The number of carbonyl (C=O) groups is 3. The van der Waals surface area contributed by atoms with Crippen molar-refractivity contribution in [2.75, 3.05) is 11.1 Å². The molecular formula is C13H17BrN2O5S. The Kier molecular flexibility index (Phi) is 4.88. The predicted molar refractivity (Wildman–Crippen MR) is 83.3 cm³/mol. The van der Waals surface area contributed by atoms with E-state index in [1.165, 1.54) is 4.90 Å². The first-order valence-electron chi connectivity index (χ1n) is 6.62. The van der Waals surface area contributed by atoms with Crippen molar-refractivity contribution in [2.45, 2.75) is 37.8 Å². The number of fused-ring (bicyclic) bond motifs is 1. The van der Waals surface area contributed by atoms with E-state index in [-0.39, 0.29) is 11.4 Å². The zero-order valence-corrected chi connectivity index (χ0v) is 14.8. The van der Waals surface area contributed by atoms with Crippen LogP contribution in [0.1, 0.15) is 20.8 Å². The van der Waals surface area contributed by atoms with Crippen LogP contribution < -0.4 is 5.32 Å². The molecule has 1 fully saturated rings. The number of hydrogen-bond donors (Lipinski definition) is 1. The molecule has 0 aromatic carbocycles. The van der Waals surface area contributed by atoms with Gasteiger partial charge in [-0.3, -0.25) is 14.5 Å². The van der Waals surface area contributed by atoms with E-state index in [1.54, 1.807) is 20.8 Å². The number of nitrogens with zero attached hydrogens (tertiary/aromatic N) is 1. The molecule has 7 nitrogen and oxygen atoms in total. The minimum Gasteiger partial charge on any atom is -0.614 e. The average molecular weight is 393 g/mol. The fourth-order valence-corrected chi connectivity index (χ4v) is 4.79. The lowest BCUT2D eigenvalue weighted by atomic mass is 10.0. The van der Waals surface area contributed by atoms with Gasteiger partial charge in [-0.1, -0.05) is 15.9 Å². The third-order valence-corrected chi connectivity index (χ3v) is 5.54. The SMILES string of the molecule is CC(C)(C)OC(=O)C1=C(CBr)C[S+]([O-])[C@H]2C(NC=O)C(=O)N12. The summed E-state index contributed by atoms with van der Waals surface area (Å²) in [6, 6.07) is -0.854. The molecule has 0 spiro atoms. The van der Waals surface area contributed by atoms with E-state index in [1.807, 2.05) is 0 Å². The van der Waals surface area contributed by atoms with Crippen LogP contribution in [0.5, 0.6) is 0 Å². The highest BCUT2D eigenvalue weighted by Crippen LogP contribution is 2.37. The van der Waals surface area contributed by atoms with Gasteiger partial charge >= 0.3 is 5.97 Å². The van der Waals surface area contributed by atoms with Gasteiger partial charge in [-0.25, -0.2) is 4.79 Å². The first kappa shape index (κ1) is 17.3. The fourth-order valence-electron chi connectivity index (χ4n) is 2.36. The van der Waals surface area contributed by atoms with Gasteiger partial charge in [-0.05, 0) is 31.9 Å². The van der Waals surface area contributed by atoms with E-state index in [9.17, 15) is 18.9 Å². The molecule has 3 atom stereocenters. The highest BCUT2D eigenvalue weighted by atomic mass is 79.9. The Balaban J connectivity index is 2.35. The zero-order valence-electron chi connectivity index (χ0n) is 12.4. The van der Waals surface area contributed by atoms with E-state index in [0.29, 0.717) is 17.3 Å². The van der Waals surface area contributed by atoms with Crippen LogP contribution in [0.3, 0.4) is 0 Å². The molecule has 2 unspecified atom stereocenters. The van der Waals surface area contributed by atoms with Crippen LogP contribution in [0.25, 0.3) is 0 Å². The molecule has 22 heavy (non-hydrogen) atoms. The Hall–Kier alpha value is -1.06. The monoisotopic (exact) mass is 392 g/mol. The quantitative estimate of drug-likeness (QED) is 0.239. The van der Waals surface area contributed by atoms with Crippen LogP contribution in [0, 0.1) is 0 Å². The lowest BCUT2D eigenvalue weighted by molar-refractivity contribution is -0.158. The molecule has 2 aliphatic heterocycles. The summed E-state index contributed by atoms with van der Waals surface area (Å²) in [5, 5.41) is 1.95. The highest BCUT2D eigenvalue weighted by molar-refractivity contribution is 9.09. The standard InChI is InChI=1S/C13H17BrN2O5S/c1-13(2,3)21-12(19)9-7(4-14)5-22(20)11-8(15-6-17)10(18)16(9)11/h6,8,11H,4-5H2,1-3H3,(H,15,17)/t8?,11-,22?/m0/s1. The number of halogens is 1. The molecule has 1 saturated heterocycles. The first-order chi connectivity index (χ1) is 10.2. The Morgan fingerprint density at radius 3 is 2.73 bits per heavy atom. The summed E-state index contributed by atoms with van der Waals surface area (Å²) in [5.74, 6) is -0.920. The van der Waals surface area contributed by atoms with Gasteiger partial charge in [0, 0.05) is 10.9 Å². The maximum Gasteiger partial charge on any atom is 0.355 e. The van der Waals surface area contributed by atoms with Crippen LogP contribution in [0.4, 0.5) is 0 Å². The number of rotatable bonds is 4. The topological polar surface area (TPSA) is 98.8 Å². The Morgan fingerprint density at radius 1 is 1.59 bits per heavy atom. The van der Waals surface area contributed by atoms with E-state index in [0.717, 1.165) is 0 Å². The molecule has 1 N–H and O–H groups in total. The van der Waals surface area contributed by atoms with Crippen molar-refractivity contribution in [1.82, 2.24) is 10.2 Å². The van der Waals surface area contributed by atoms with Crippen molar-refractivity contribution in [3.05, 3.63) is 11.3 Å². The van der Waals surface area contributed by atoms with Crippen LogP contribution in [-0.2, 0) is 30.3 Å². The molecule has 0 bridgehead atoms. The second-order valence-electron chi connectivity index (χ2n) is 5.97. The fraction of sp³-hybridized carbons (Fsp3) is 0.615. The molecule has 9 heteroatoms. The van der Waals surface area contributed by atoms with Crippen molar-refractivity contribution in [3.8, 4) is 0 Å². The molecule has 2 aliphatic rings. The van der Waals surface area contributed by atoms with Crippen molar-refractivity contribution < 1.29 is 23.7 Å². The van der Waals surface area contributed by atoms with Gasteiger partial charge in [0.15, 0.2) is 6.04 Å². The molecule has 0 aromatic rings. The summed E-state index contributed by atoms with van der Waals surface area (Å²) in [4.78, 5) is 36.3. The number of esters is 1. The van der Waals surface area contributed by atoms with Gasteiger partial charge in [0.2, 0.25) is 11.8 Å². The van der Waals surface area contributed by atoms with Gasteiger partial charge < -0.3 is 14.6 Å². The molecule has 2 amide bonds. The number of nitrogens with one attached hydrogen (secondary N) is 1. The summed E-state index contributed by atoms with van der Waals surface area (Å²) in [6.07, 6.45) is 0.397. The third kappa shape index (κ3) is 3.02. The van der Waals surface area contributed by atoms with Crippen molar-refractivity contribution in [2.24, 2.45) is 0 Å². The second-order valence-corrected chi connectivity index (χ2v) is 8.07. The van der Waals surface area contributed by atoms with E-state index < -0.39 is 40.1 Å². The number of ether oxygens (including phenoxy) is 1. The van der Waals surface area contributed by atoms with Crippen LogP contribution in [0.2, 0.25) is 0 Å². The summed E-state index contributed by atoms with van der Waals surface area (Å²) in [6.45, 7) is 5.19. The molecule has 2 rings (SSSR count). The third-order valence-electron chi connectivity index (χ3n) is 3.21. The van der Waals surface area contributed by atoms with Gasteiger partial charge in [0.25, 0.3) is 5.91 Å². The summed E-state index contributed by atoms with van der Waals surface area (Å²) >= 11 is 1.87. The normalized spacial score (nSPS) is 28.0. The molecule has 0 saturated carbocycles. The summed E-state index contributed by atoms with van der Waals surface area (Å²) in [5.41, 5.74) is -0.0193. The largest absolute Gasteiger partial charge is 0.614 e. The van der Waals surface area contributed by atoms with Gasteiger partial charge in [0.05, 0.1) is 0 Å². The van der Waals surface area contributed by atoms with Crippen LogP contribution in [0.15, 0.2) is 11.3 Å². The van der Waals surface area contributed by atoms with Crippen LogP contribution in [-0.4, -0.2) is 55.8 Å². The van der Waals surface area contributed by atoms with E-state index in [4.69, 9.17) is 4.74 Å². The number of carbonyl (C=O) groups excluding carboxylic acids is 3. The Labute approximate surface area is 139 Å². The first-order valence-corrected chi connectivity index (χ1v) is 9.13. The van der Waals surface area contributed by atoms with Crippen molar-refractivity contribution in [3.63, 3.8) is 0 Å². The molecule has 0 aromatic heterocycles. The molecule has 0 aliphatic carbocycles. The second kappa shape index (κ2) is 6.21. The predicted octanol–water partition coefficient (Wildman–Crippen LogP) is 0.0223. The van der Waals surface area contributed by atoms with Gasteiger partial charge in [0.1, 0.15) is 17.1 Å². The summed E-state index contributed by atoms with van der Waals surface area (Å²) in [7, 11) is 0. The molecule has 0 radical (unpaired) electrons. The van der Waals surface area contributed by atoms with Gasteiger partial charge in [-0.15, -0.1) is 0 Å². The number of β-lactam (4-membered cyclic amide) rings is 1. The lowest BCUT2D eigenvalue weighted by Crippen LogP contribution is -2.74. The summed E-state index contributed by atoms with van der Waals surface area (Å²) < 4.78 is 17.6. The zero-order chi connectivity index (χ0) is 16.7. The Bertz CT molecular complexity index is 545. The Morgan fingerprint density at radius 2 is 2.23 bits per heavy atom. The molecule has 2 heterocycles. The highest BCUT2D eigenvalue weighted by Gasteiger charge is 2.60. The lowest BCUT2D eigenvalue weighted by Gasteiger charge is -2.49. The maximum atomic E-state index is 12.4. The van der Waals surface area contributed by atoms with Crippen molar-refractivity contribution in [1.29, 1.82) is 0 Å². The minimum absolute atomic E-state index is 0.130. The van der Waals surface area contributed by atoms with E-state index in [2.05, 4.69) is 21.2 Å². The average Bonchev–Trinajstić information content (AvgIpc) is 2.41. The maximum absolute atomic E-state index is 12.4. The molecule has 122 valence electrons. The van der Waals surface area contributed by atoms with Crippen molar-refractivity contribution >= 4 is 45.4 Å². The van der Waals surface area contributed by atoms with Crippen LogP contribution >= 0.6 is 15.9 Å². The number of hydrogen-bond acceptors (Lipinski definition) is 5. The van der Waals surface area contributed by atoms with Gasteiger partial charge in [-0.2, -0.15) is 0 Å². The number of amides is 2. The number of alkyl halides is 1. The smallest absolute Gasteiger partial charge is 0.355 e. The van der Waals surface area contributed by atoms with E-state index >= 15 is 0 Å².